The molecule has 1 saturated heterocycles. The van der Waals surface area contributed by atoms with E-state index < -0.39 is 22.1 Å². The van der Waals surface area contributed by atoms with Crippen LogP contribution in [0.1, 0.15) is 42.1 Å². The number of anilines is 1. The lowest BCUT2D eigenvalue weighted by atomic mass is 10.0. The van der Waals surface area contributed by atoms with Crippen molar-refractivity contribution in [2.75, 3.05) is 23.9 Å². The number of benzene rings is 2. The van der Waals surface area contributed by atoms with Crippen LogP contribution >= 0.6 is 0 Å². The maximum absolute atomic E-state index is 13.2. The number of hydrogen-bond donors (Lipinski definition) is 0. The summed E-state index contributed by atoms with van der Waals surface area (Å²) in [7, 11) is -3.75. The van der Waals surface area contributed by atoms with E-state index in [2.05, 4.69) is 0 Å². The fraction of sp³-hybridized carbons (Fsp3) is 0.391. The molecule has 0 N–H and O–H groups in total. The second-order valence-corrected chi connectivity index (χ2v) is 9.78. The first-order valence-corrected chi connectivity index (χ1v) is 12.0. The van der Waals surface area contributed by atoms with Crippen molar-refractivity contribution < 1.29 is 22.7 Å². The van der Waals surface area contributed by atoms with Crippen molar-refractivity contribution in [3.8, 4) is 0 Å². The van der Waals surface area contributed by atoms with Crippen LogP contribution in [0.25, 0.3) is 0 Å². The molecule has 0 bridgehead atoms. The predicted molar refractivity (Wildman–Crippen MR) is 116 cm³/mol. The maximum Gasteiger partial charge on any atom is 0.338 e. The van der Waals surface area contributed by atoms with E-state index in [1.165, 1.54) is 28.6 Å². The van der Waals surface area contributed by atoms with Gasteiger partial charge < -0.3 is 9.64 Å². The number of carbonyl (C=O) groups excluding carboxylic acids is 2. The zero-order chi connectivity index (χ0) is 22.0. The molecule has 2 aromatic rings. The first-order chi connectivity index (χ1) is 14.9. The number of fused-ring (bicyclic) bond motifs is 1. The van der Waals surface area contributed by atoms with Gasteiger partial charge in [0.2, 0.25) is 0 Å². The molecule has 8 heteroatoms. The molecule has 0 spiro atoms. The zero-order valence-corrected chi connectivity index (χ0v) is 18.3. The van der Waals surface area contributed by atoms with Crippen molar-refractivity contribution in [1.29, 1.82) is 0 Å². The molecule has 1 amide bonds. The molecule has 2 aliphatic heterocycles. The molecule has 1 atom stereocenters. The van der Waals surface area contributed by atoms with E-state index in [1.54, 1.807) is 11.8 Å². The highest BCUT2D eigenvalue weighted by atomic mass is 32.2. The van der Waals surface area contributed by atoms with Gasteiger partial charge in [-0.2, -0.15) is 0 Å². The fourth-order valence-electron chi connectivity index (χ4n) is 4.11. The van der Waals surface area contributed by atoms with Crippen LogP contribution in [0.2, 0.25) is 0 Å². The smallest absolute Gasteiger partial charge is 0.338 e. The summed E-state index contributed by atoms with van der Waals surface area (Å²) in [5.41, 5.74) is 1.92. The molecule has 0 saturated carbocycles. The lowest BCUT2D eigenvalue weighted by Crippen LogP contribution is -2.38. The van der Waals surface area contributed by atoms with Crippen molar-refractivity contribution in [3.05, 3.63) is 59.7 Å². The number of ether oxygens (including phenoxy) is 1. The Bertz CT molecular complexity index is 1080. The summed E-state index contributed by atoms with van der Waals surface area (Å²) in [4.78, 5) is 26.6. The van der Waals surface area contributed by atoms with E-state index in [-0.39, 0.29) is 16.4 Å². The van der Waals surface area contributed by atoms with Crippen LogP contribution < -0.4 is 4.31 Å². The lowest BCUT2D eigenvalue weighted by Gasteiger charge is -2.30. The number of sulfonamides is 1. The molecule has 7 nitrogen and oxygen atoms in total. The Hall–Kier alpha value is -2.87. The number of rotatable bonds is 5. The van der Waals surface area contributed by atoms with Crippen LogP contribution in [0.3, 0.4) is 0 Å². The third kappa shape index (κ3) is 4.30. The molecule has 1 unspecified atom stereocenters. The number of likely N-dealkylation sites (tertiary alicyclic amines) is 1. The Morgan fingerprint density at radius 1 is 0.935 bits per heavy atom. The Balaban J connectivity index is 1.48. The Morgan fingerprint density at radius 3 is 2.32 bits per heavy atom. The number of hydrogen-bond acceptors (Lipinski definition) is 5. The molecule has 4 rings (SSSR count). The number of carbonyl (C=O) groups is 2. The summed E-state index contributed by atoms with van der Waals surface area (Å²) in [5, 5.41) is 0. The fourth-order valence-corrected chi connectivity index (χ4v) is 5.65. The number of nitrogens with zero attached hydrogens (tertiary/aromatic N) is 2. The molecular formula is C23H26N2O5S. The molecule has 0 aliphatic carbocycles. The monoisotopic (exact) mass is 442 g/mol. The average molecular weight is 443 g/mol. The summed E-state index contributed by atoms with van der Waals surface area (Å²) >= 11 is 0. The standard InChI is InChI=1S/C23H26N2O5S/c1-17(22(26)24-14-4-5-15-24)30-23(27)19-10-12-20(13-11-19)31(28,29)25-16-6-8-18-7-2-3-9-21(18)25/h2-3,7,9-13,17H,4-6,8,14-16H2,1H3. The number of para-hydroxylation sites is 1. The quantitative estimate of drug-likeness (QED) is 0.665. The topological polar surface area (TPSA) is 84.0 Å². The Labute approximate surface area is 182 Å². The summed E-state index contributed by atoms with van der Waals surface area (Å²) in [5.74, 6) is -0.846. The number of aryl methyl sites for hydroxylation is 1. The highest BCUT2D eigenvalue weighted by Crippen LogP contribution is 2.31. The lowest BCUT2D eigenvalue weighted by molar-refractivity contribution is -0.138. The number of amides is 1. The third-order valence-corrected chi connectivity index (χ3v) is 7.62. The van der Waals surface area contributed by atoms with Gasteiger partial charge in [-0.15, -0.1) is 0 Å². The van der Waals surface area contributed by atoms with Crippen LogP contribution in [0.4, 0.5) is 5.69 Å². The number of esters is 1. The summed E-state index contributed by atoms with van der Waals surface area (Å²) in [6.45, 7) is 3.35. The SMILES string of the molecule is CC(OC(=O)c1ccc(S(=O)(=O)N2CCCc3ccccc32)cc1)C(=O)N1CCCC1. The second-order valence-electron chi connectivity index (χ2n) is 7.91. The Kier molecular flexibility index (Phi) is 6.00. The first kappa shape index (κ1) is 21.4. The van der Waals surface area contributed by atoms with Crippen LogP contribution in [0.15, 0.2) is 53.4 Å². The van der Waals surface area contributed by atoms with Gasteiger partial charge in [0.15, 0.2) is 6.10 Å². The largest absolute Gasteiger partial charge is 0.449 e. The molecule has 1 fully saturated rings. The third-order valence-electron chi connectivity index (χ3n) is 5.79. The summed E-state index contributed by atoms with van der Waals surface area (Å²) in [6, 6.07) is 13.2. The first-order valence-electron chi connectivity index (χ1n) is 10.6. The van der Waals surface area contributed by atoms with E-state index in [9.17, 15) is 18.0 Å². The second kappa shape index (κ2) is 8.70. The molecule has 2 heterocycles. The van der Waals surface area contributed by atoms with Crippen molar-refractivity contribution in [2.45, 2.75) is 43.6 Å². The average Bonchev–Trinajstić information content (AvgIpc) is 3.33. The van der Waals surface area contributed by atoms with E-state index in [1.807, 2.05) is 24.3 Å². The minimum absolute atomic E-state index is 0.113. The normalized spacial score (nSPS) is 17.2. The maximum atomic E-state index is 13.2. The van der Waals surface area contributed by atoms with Gasteiger partial charge in [0.05, 0.1) is 16.1 Å². The van der Waals surface area contributed by atoms with E-state index in [0.717, 1.165) is 31.2 Å². The van der Waals surface area contributed by atoms with Crippen LogP contribution in [-0.4, -0.2) is 50.9 Å². The van der Waals surface area contributed by atoms with E-state index >= 15 is 0 Å². The van der Waals surface area contributed by atoms with Crippen molar-refractivity contribution >= 4 is 27.6 Å². The van der Waals surface area contributed by atoms with Crippen LogP contribution in [0.5, 0.6) is 0 Å². The van der Waals surface area contributed by atoms with E-state index in [4.69, 9.17) is 4.74 Å². The zero-order valence-electron chi connectivity index (χ0n) is 17.5. The van der Waals surface area contributed by atoms with E-state index in [0.29, 0.717) is 25.3 Å². The van der Waals surface area contributed by atoms with Gasteiger partial charge in [-0.3, -0.25) is 9.10 Å². The predicted octanol–water partition coefficient (Wildman–Crippen LogP) is 3.00. The molecule has 2 aliphatic rings. The molecule has 0 radical (unpaired) electrons. The van der Waals surface area contributed by atoms with Crippen molar-refractivity contribution in [2.24, 2.45) is 0 Å². The van der Waals surface area contributed by atoms with Gasteiger partial charge in [0, 0.05) is 19.6 Å². The van der Waals surface area contributed by atoms with Gasteiger partial charge in [-0.25, -0.2) is 13.2 Å². The van der Waals surface area contributed by atoms with Gasteiger partial charge in [-0.05, 0) is 68.5 Å². The molecule has 31 heavy (non-hydrogen) atoms. The highest BCUT2D eigenvalue weighted by Gasteiger charge is 2.30. The van der Waals surface area contributed by atoms with Crippen LogP contribution in [0, 0.1) is 0 Å². The highest BCUT2D eigenvalue weighted by molar-refractivity contribution is 7.92. The van der Waals surface area contributed by atoms with Crippen molar-refractivity contribution in [1.82, 2.24) is 4.90 Å². The molecular weight excluding hydrogens is 416 g/mol. The molecule has 2 aromatic carbocycles. The van der Waals surface area contributed by atoms with Gasteiger partial charge in [0.1, 0.15) is 0 Å². The van der Waals surface area contributed by atoms with Crippen molar-refractivity contribution in [3.63, 3.8) is 0 Å². The minimum Gasteiger partial charge on any atom is -0.449 e. The summed E-state index contributed by atoms with van der Waals surface area (Å²) < 4.78 is 33.1. The Morgan fingerprint density at radius 2 is 1.61 bits per heavy atom. The van der Waals surface area contributed by atoms with Gasteiger partial charge in [-0.1, -0.05) is 18.2 Å². The van der Waals surface area contributed by atoms with Crippen LogP contribution in [-0.2, 0) is 26.0 Å². The molecule has 0 aromatic heterocycles. The van der Waals surface area contributed by atoms with Gasteiger partial charge in [0.25, 0.3) is 15.9 Å². The molecule has 164 valence electrons. The minimum atomic E-state index is -3.75. The summed E-state index contributed by atoms with van der Waals surface area (Å²) in [6.07, 6.45) is 2.65. The van der Waals surface area contributed by atoms with Gasteiger partial charge >= 0.3 is 5.97 Å².